The van der Waals surface area contributed by atoms with Crippen molar-refractivity contribution in [3.8, 4) is 11.5 Å². The van der Waals surface area contributed by atoms with Gasteiger partial charge in [-0.05, 0) is 32.0 Å². The number of carboxylic acid groups (broad SMARTS) is 1. The van der Waals surface area contributed by atoms with Crippen molar-refractivity contribution >= 4 is 11.9 Å². The molecule has 0 bridgehead atoms. The van der Waals surface area contributed by atoms with Crippen molar-refractivity contribution in [3.63, 3.8) is 0 Å². The van der Waals surface area contributed by atoms with Gasteiger partial charge < -0.3 is 19.5 Å². The molecule has 1 N–H and O–H groups in total. The summed E-state index contributed by atoms with van der Waals surface area (Å²) in [6.45, 7) is 0.549. The third kappa shape index (κ3) is 5.39. The smallest absolute Gasteiger partial charge is 0.387 e. The summed E-state index contributed by atoms with van der Waals surface area (Å²) in [5, 5.41) is 8.75. The molecule has 0 unspecified atom stereocenters. The first-order chi connectivity index (χ1) is 10.8. The Morgan fingerprint density at radius 3 is 2.39 bits per heavy atom. The standard InChI is InChI=1S/C15H19F2NO5/c1-9(2)18(7-6-13(19)20)14(21)10-4-5-11(23-15(16)17)12(8-10)22-3/h4-5,8-9,15H,6-7H2,1-3H3,(H,19,20). The molecule has 23 heavy (non-hydrogen) atoms. The lowest BCUT2D eigenvalue weighted by Crippen LogP contribution is -2.38. The summed E-state index contributed by atoms with van der Waals surface area (Å²) >= 11 is 0. The van der Waals surface area contributed by atoms with Crippen molar-refractivity contribution in [2.45, 2.75) is 32.9 Å². The van der Waals surface area contributed by atoms with Crippen molar-refractivity contribution in [2.24, 2.45) is 0 Å². The molecule has 1 amide bonds. The predicted octanol–water partition coefficient (Wildman–Crippen LogP) is 2.62. The quantitative estimate of drug-likeness (QED) is 0.792. The average molecular weight is 331 g/mol. The van der Waals surface area contributed by atoms with E-state index in [4.69, 9.17) is 9.84 Å². The van der Waals surface area contributed by atoms with Gasteiger partial charge >= 0.3 is 12.6 Å². The second-order valence-corrected chi connectivity index (χ2v) is 4.98. The van der Waals surface area contributed by atoms with E-state index in [1.807, 2.05) is 0 Å². The van der Waals surface area contributed by atoms with Crippen LogP contribution < -0.4 is 9.47 Å². The van der Waals surface area contributed by atoms with Gasteiger partial charge in [0.2, 0.25) is 0 Å². The number of nitrogens with zero attached hydrogens (tertiary/aromatic N) is 1. The molecule has 0 fully saturated rings. The average Bonchev–Trinajstić information content (AvgIpc) is 2.46. The summed E-state index contributed by atoms with van der Waals surface area (Å²) in [5.74, 6) is -1.61. The monoisotopic (exact) mass is 331 g/mol. The highest BCUT2D eigenvalue weighted by atomic mass is 19.3. The summed E-state index contributed by atoms with van der Waals surface area (Å²) in [6.07, 6.45) is -0.187. The van der Waals surface area contributed by atoms with Crippen molar-refractivity contribution in [2.75, 3.05) is 13.7 Å². The first-order valence-corrected chi connectivity index (χ1v) is 6.91. The Bertz CT molecular complexity index is 563. The number of methoxy groups -OCH3 is 1. The summed E-state index contributed by atoms with van der Waals surface area (Å²) in [4.78, 5) is 24.6. The molecule has 0 aliphatic carbocycles. The molecular weight excluding hydrogens is 312 g/mol. The van der Waals surface area contributed by atoms with E-state index in [1.165, 1.54) is 30.2 Å². The van der Waals surface area contributed by atoms with Gasteiger partial charge in [0.25, 0.3) is 5.91 Å². The van der Waals surface area contributed by atoms with Crippen molar-refractivity contribution < 1.29 is 33.0 Å². The topological polar surface area (TPSA) is 76.1 Å². The normalized spacial score (nSPS) is 10.7. The Morgan fingerprint density at radius 2 is 1.91 bits per heavy atom. The minimum atomic E-state index is -3.01. The van der Waals surface area contributed by atoms with E-state index >= 15 is 0 Å². The highest BCUT2D eigenvalue weighted by Crippen LogP contribution is 2.30. The Kier molecular flexibility index (Phi) is 6.74. The van der Waals surface area contributed by atoms with Crippen LogP contribution in [-0.2, 0) is 4.79 Å². The van der Waals surface area contributed by atoms with E-state index in [-0.39, 0.29) is 36.1 Å². The van der Waals surface area contributed by atoms with Crippen molar-refractivity contribution in [3.05, 3.63) is 23.8 Å². The van der Waals surface area contributed by atoms with E-state index < -0.39 is 18.5 Å². The lowest BCUT2D eigenvalue weighted by atomic mass is 10.1. The fourth-order valence-corrected chi connectivity index (χ4v) is 1.97. The van der Waals surface area contributed by atoms with Crippen LogP contribution in [0.2, 0.25) is 0 Å². The third-order valence-corrected chi connectivity index (χ3v) is 3.08. The van der Waals surface area contributed by atoms with Crippen LogP contribution in [0, 0.1) is 0 Å². The number of hydrogen-bond donors (Lipinski definition) is 1. The van der Waals surface area contributed by atoms with E-state index in [2.05, 4.69) is 4.74 Å². The zero-order valence-electron chi connectivity index (χ0n) is 13.1. The van der Waals surface area contributed by atoms with Crippen LogP contribution in [0.25, 0.3) is 0 Å². The number of carboxylic acids is 1. The molecule has 128 valence electrons. The first-order valence-electron chi connectivity index (χ1n) is 6.91. The van der Waals surface area contributed by atoms with E-state index in [9.17, 15) is 18.4 Å². The Labute approximate surface area is 132 Å². The number of rotatable bonds is 8. The van der Waals surface area contributed by atoms with Gasteiger partial charge in [0.1, 0.15) is 0 Å². The molecule has 0 saturated heterocycles. The van der Waals surface area contributed by atoms with E-state index in [1.54, 1.807) is 13.8 Å². The molecule has 1 aromatic rings. The molecule has 0 radical (unpaired) electrons. The van der Waals surface area contributed by atoms with Crippen LogP contribution in [0.15, 0.2) is 18.2 Å². The summed E-state index contributed by atoms with van der Waals surface area (Å²) in [7, 11) is 1.27. The SMILES string of the molecule is COc1cc(C(=O)N(CCC(=O)O)C(C)C)ccc1OC(F)F. The Hall–Kier alpha value is -2.38. The lowest BCUT2D eigenvalue weighted by molar-refractivity contribution is -0.137. The van der Waals surface area contributed by atoms with Gasteiger partial charge in [-0.1, -0.05) is 0 Å². The Balaban J connectivity index is 3.02. The fraction of sp³-hybridized carbons (Fsp3) is 0.467. The maximum atomic E-state index is 12.5. The van der Waals surface area contributed by atoms with Gasteiger partial charge in [-0.2, -0.15) is 8.78 Å². The van der Waals surface area contributed by atoms with Crippen molar-refractivity contribution in [1.82, 2.24) is 4.90 Å². The molecule has 1 aromatic carbocycles. The highest BCUT2D eigenvalue weighted by Gasteiger charge is 2.21. The van der Waals surface area contributed by atoms with E-state index in [0.29, 0.717) is 0 Å². The minimum Gasteiger partial charge on any atom is -0.493 e. The number of aliphatic carboxylic acids is 1. The second kappa shape index (κ2) is 8.30. The van der Waals surface area contributed by atoms with Gasteiger partial charge in [0.05, 0.1) is 13.5 Å². The second-order valence-electron chi connectivity index (χ2n) is 4.98. The number of carbonyl (C=O) groups is 2. The number of halogens is 2. The number of ether oxygens (including phenoxy) is 2. The third-order valence-electron chi connectivity index (χ3n) is 3.08. The minimum absolute atomic E-state index is 0.00177. The fourth-order valence-electron chi connectivity index (χ4n) is 1.97. The summed E-state index contributed by atoms with van der Waals surface area (Å²) in [5.41, 5.74) is 0.197. The van der Waals surface area contributed by atoms with Crippen LogP contribution in [0.4, 0.5) is 8.78 Å². The number of hydrogen-bond acceptors (Lipinski definition) is 4. The van der Waals surface area contributed by atoms with Crippen molar-refractivity contribution in [1.29, 1.82) is 0 Å². The zero-order chi connectivity index (χ0) is 17.6. The molecule has 0 spiro atoms. The number of amides is 1. The first kappa shape index (κ1) is 18.7. The predicted molar refractivity (Wildman–Crippen MR) is 78.1 cm³/mol. The molecule has 0 aliphatic rings. The largest absolute Gasteiger partial charge is 0.493 e. The molecule has 0 aliphatic heterocycles. The molecule has 0 heterocycles. The molecule has 6 nitrogen and oxygen atoms in total. The van der Waals surface area contributed by atoms with Gasteiger partial charge in [0, 0.05) is 18.2 Å². The van der Waals surface area contributed by atoms with Crippen LogP contribution in [0.3, 0.4) is 0 Å². The molecule has 0 aromatic heterocycles. The Morgan fingerprint density at radius 1 is 1.26 bits per heavy atom. The maximum absolute atomic E-state index is 12.5. The molecule has 1 rings (SSSR count). The van der Waals surface area contributed by atoms with E-state index in [0.717, 1.165) is 0 Å². The van der Waals surface area contributed by atoms with Gasteiger partial charge in [-0.15, -0.1) is 0 Å². The molecule has 0 atom stereocenters. The van der Waals surface area contributed by atoms with Crippen LogP contribution in [-0.4, -0.2) is 48.2 Å². The summed E-state index contributed by atoms with van der Waals surface area (Å²) < 4.78 is 33.8. The molecule has 8 heteroatoms. The van der Waals surface area contributed by atoms with Gasteiger partial charge in [-0.25, -0.2) is 0 Å². The number of benzene rings is 1. The molecule has 0 saturated carbocycles. The van der Waals surface area contributed by atoms with Gasteiger partial charge in [0.15, 0.2) is 11.5 Å². The highest BCUT2D eigenvalue weighted by molar-refractivity contribution is 5.95. The number of carbonyl (C=O) groups excluding carboxylic acids is 1. The zero-order valence-corrected chi connectivity index (χ0v) is 13.1. The maximum Gasteiger partial charge on any atom is 0.387 e. The van der Waals surface area contributed by atoms with Crippen LogP contribution in [0.1, 0.15) is 30.6 Å². The lowest BCUT2D eigenvalue weighted by Gasteiger charge is -2.26. The van der Waals surface area contributed by atoms with Gasteiger partial charge in [-0.3, -0.25) is 9.59 Å². The van der Waals surface area contributed by atoms with Crippen LogP contribution >= 0.6 is 0 Å². The summed E-state index contributed by atoms with van der Waals surface area (Å²) in [6, 6.07) is 3.62. The van der Waals surface area contributed by atoms with Crippen LogP contribution in [0.5, 0.6) is 11.5 Å². The molecular formula is C15H19F2NO5. The number of alkyl halides is 2.